The first-order valence-corrected chi connectivity index (χ1v) is 9.86. The summed E-state index contributed by atoms with van der Waals surface area (Å²) in [6.07, 6.45) is 1.77. The third-order valence-corrected chi connectivity index (χ3v) is 5.31. The van der Waals surface area contributed by atoms with Crippen LogP contribution in [0.2, 0.25) is 10.0 Å². The maximum Gasteiger partial charge on any atom is 0.211 e. The van der Waals surface area contributed by atoms with Gasteiger partial charge in [-0.25, -0.2) is 9.98 Å². The molecule has 32 heavy (non-hydrogen) atoms. The van der Waals surface area contributed by atoms with Gasteiger partial charge in [-0.05, 0) is 35.4 Å². The Morgan fingerprint density at radius 3 is 2.41 bits per heavy atom. The zero-order valence-corrected chi connectivity index (χ0v) is 17.7. The van der Waals surface area contributed by atoms with Crippen molar-refractivity contribution in [1.29, 1.82) is 10.5 Å². The second kappa shape index (κ2) is 8.16. The lowest BCUT2D eigenvalue weighted by Crippen LogP contribution is -2.32. The van der Waals surface area contributed by atoms with Gasteiger partial charge in [0.15, 0.2) is 6.19 Å². The minimum atomic E-state index is -0.862. The number of nitrogens with two attached hydrogens (primary N) is 2. The number of hydrogen-bond acceptors (Lipinski definition) is 9. The van der Waals surface area contributed by atoms with E-state index in [0.29, 0.717) is 32.3 Å². The lowest BCUT2D eigenvalue weighted by atomic mass is 9.93. The van der Waals surface area contributed by atoms with Crippen LogP contribution in [0.3, 0.4) is 0 Å². The summed E-state index contributed by atoms with van der Waals surface area (Å²) in [7, 11) is 0. The molecule has 158 valence electrons. The summed E-state index contributed by atoms with van der Waals surface area (Å²) in [5, 5.41) is 35.5. The molecular formula is C21H14Cl2N8O. The number of nitriles is 2. The van der Waals surface area contributed by atoms with Crippen LogP contribution in [0.4, 0.5) is 17.3 Å². The van der Waals surface area contributed by atoms with E-state index in [2.05, 4.69) is 20.6 Å². The number of aromatic nitrogens is 1. The molecule has 0 spiro atoms. The van der Waals surface area contributed by atoms with Gasteiger partial charge in [-0.15, -0.1) is 0 Å². The molecule has 0 saturated heterocycles. The highest BCUT2D eigenvalue weighted by Crippen LogP contribution is 2.43. The number of phenols is 1. The Balaban J connectivity index is 1.87. The molecule has 1 atom stereocenters. The maximum absolute atomic E-state index is 10.9. The van der Waals surface area contributed by atoms with Gasteiger partial charge < -0.3 is 21.9 Å². The molecule has 11 heteroatoms. The summed E-state index contributed by atoms with van der Waals surface area (Å²) in [6, 6.07) is 11.1. The number of hydrogen-bond donors (Lipinski definition) is 5. The summed E-state index contributed by atoms with van der Waals surface area (Å²) in [4.78, 5) is 8.63. The molecule has 3 aromatic rings. The molecule has 0 bridgehead atoms. The van der Waals surface area contributed by atoms with E-state index in [1.165, 1.54) is 6.07 Å². The molecule has 9 nitrogen and oxygen atoms in total. The fourth-order valence-electron chi connectivity index (χ4n) is 3.48. The number of pyridine rings is 1. The predicted molar refractivity (Wildman–Crippen MR) is 123 cm³/mol. The molecule has 0 saturated carbocycles. The highest BCUT2D eigenvalue weighted by Gasteiger charge is 2.31. The molecular weight excluding hydrogens is 451 g/mol. The van der Waals surface area contributed by atoms with Crippen LogP contribution in [0.1, 0.15) is 22.7 Å². The first-order chi connectivity index (χ1) is 15.3. The van der Waals surface area contributed by atoms with Crippen molar-refractivity contribution in [3.8, 4) is 29.1 Å². The van der Waals surface area contributed by atoms with Gasteiger partial charge in [0.1, 0.15) is 35.1 Å². The second-order valence-corrected chi connectivity index (χ2v) is 7.71. The number of aliphatic imine (C=N–C) groups is 1. The highest BCUT2D eigenvalue weighted by atomic mass is 35.5. The Bertz CT molecular complexity index is 1350. The standard InChI is InChI=1S/C21H14Cl2N8O/c22-11-3-10(4-12(23)6-11)9-1-2-13(15(32)5-9)18-16-17(26)14(7-24)19(27)30-20(16)31-21(29-18)28-8-25/h1-6,18,32H,(H6,26,27,28,29,30,31). The Kier molecular flexibility index (Phi) is 5.37. The lowest BCUT2D eigenvalue weighted by molar-refractivity contribution is 0.465. The third kappa shape index (κ3) is 3.67. The average Bonchev–Trinajstić information content (AvgIpc) is 2.73. The lowest BCUT2D eigenvalue weighted by Gasteiger charge is -2.26. The number of phenolic OH excluding ortho intramolecular Hbond substituents is 1. The molecule has 0 fully saturated rings. The van der Waals surface area contributed by atoms with Crippen LogP contribution in [0.5, 0.6) is 5.75 Å². The van der Waals surface area contributed by atoms with Gasteiger partial charge in [-0.2, -0.15) is 10.5 Å². The number of nitrogens with zero attached hydrogens (tertiary/aromatic N) is 4. The Morgan fingerprint density at radius 1 is 1.06 bits per heavy atom. The van der Waals surface area contributed by atoms with Crippen LogP contribution < -0.4 is 22.1 Å². The van der Waals surface area contributed by atoms with Crippen LogP contribution in [0.15, 0.2) is 41.4 Å². The normalized spacial score (nSPS) is 14.4. The van der Waals surface area contributed by atoms with Crippen LogP contribution in [-0.2, 0) is 0 Å². The number of anilines is 3. The van der Waals surface area contributed by atoms with Gasteiger partial charge in [0, 0.05) is 21.2 Å². The average molecular weight is 465 g/mol. The minimum Gasteiger partial charge on any atom is -0.508 e. The van der Waals surface area contributed by atoms with Gasteiger partial charge in [0.2, 0.25) is 5.96 Å². The van der Waals surface area contributed by atoms with Crippen molar-refractivity contribution in [1.82, 2.24) is 10.3 Å². The maximum atomic E-state index is 10.9. The van der Waals surface area contributed by atoms with E-state index >= 15 is 0 Å². The monoisotopic (exact) mass is 464 g/mol. The number of aromatic hydroxyl groups is 1. The zero-order valence-electron chi connectivity index (χ0n) is 16.2. The number of halogens is 2. The predicted octanol–water partition coefficient (Wildman–Crippen LogP) is 3.74. The quantitative estimate of drug-likeness (QED) is 0.282. The molecule has 0 amide bonds. The van der Waals surface area contributed by atoms with E-state index in [1.54, 1.807) is 36.5 Å². The number of fused-ring (bicyclic) bond motifs is 1. The van der Waals surface area contributed by atoms with E-state index in [4.69, 9.17) is 39.9 Å². The van der Waals surface area contributed by atoms with Crippen LogP contribution in [-0.4, -0.2) is 16.1 Å². The van der Waals surface area contributed by atoms with E-state index in [0.717, 1.165) is 0 Å². The first-order valence-electron chi connectivity index (χ1n) is 9.10. The summed E-state index contributed by atoms with van der Waals surface area (Å²) in [5.74, 6) is 0.157. The van der Waals surface area contributed by atoms with Crippen molar-refractivity contribution in [2.24, 2.45) is 4.99 Å². The number of benzene rings is 2. The SMILES string of the molecule is N#CNC1=NC(c2ccc(-c3cc(Cl)cc(Cl)c3)cc2O)c2c(nc(N)c(C#N)c2N)N1. The Labute approximate surface area is 192 Å². The van der Waals surface area contributed by atoms with Crippen LogP contribution >= 0.6 is 23.2 Å². The van der Waals surface area contributed by atoms with Crippen molar-refractivity contribution in [2.45, 2.75) is 6.04 Å². The summed E-state index contributed by atoms with van der Waals surface area (Å²) < 4.78 is 0. The number of nitrogen functional groups attached to an aromatic ring is 2. The Hall–Kier alpha value is -4.18. The number of rotatable bonds is 2. The van der Waals surface area contributed by atoms with Crippen molar-refractivity contribution in [3.05, 3.63) is 63.1 Å². The molecule has 1 aromatic heterocycles. The Morgan fingerprint density at radius 2 is 1.78 bits per heavy atom. The van der Waals surface area contributed by atoms with Crippen molar-refractivity contribution in [3.63, 3.8) is 0 Å². The number of nitrogens with one attached hydrogen (secondary N) is 2. The van der Waals surface area contributed by atoms with Crippen molar-refractivity contribution >= 4 is 46.5 Å². The molecule has 0 radical (unpaired) electrons. The largest absolute Gasteiger partial charge is 0.508 e. The molecule has 1 unspecified atom stereocenters. The molecule has 2 heterocycles. The second-order valence-electron chi connectivity index (χ2n) is 6.83. The van der Waals surface area contributed by atoms with Gasteiger partial charge in [-0.3, -0.25) is 5.32 Å². The smallest absolute Gasteiger partial charge is 0.211 e. The van der Waals surface area contributed by atoms with Gasteiger partial charge in [0.05, 0.1) is 5.69 Å². The van der Waals surface area contributed by atoms with Gasteiger partial charge in [0.25, 0.3) is 0 Å². The molecule has 7 N–H and O–H groups in total. The molecule has 4 rings (SSSR count). The van der Waals surface area contributed by atoms with Gasteiger partial charge >= 0.3 is 0 Å². The molecule has 2 aromatic carbocycles. The highest BCUT2D eigenvalue weighted by molar-refractivity contribution is 6.35. The molecule has 1 aliphatic heterocycles. The summed E-state index contributed by atoms with van der Waals surface area (Å²) >= 11 is 12.2. The number of guanidine groups is 1. The summed E-state index contributed by atoms with van der Waals surface area (Å²) in [5.41, 5.74) is 14.3. The summed E-state index contributed by atoms with van der Waals surface area (Å²) in [6.45, 7) is 0. The first kappa shape index (κ1) is 21.1. The van der Waals surface area contributed by atoms with Crippen LogP contribution in [0, 0.1) is 22.8 Å². The fourth-order valence-corrected chi connectivity index (χ4v) is 4.01. The third-order valence-electron chi connectivity index (χ3n) is 4.88. The molecule has 1 aliphatic rings. The van der Waals surface area contributed by atoms with E-state index in [-0.39, 0.29) is 34.6 Å². The van der Waals surface area contributed by atoms with E-state index in [9.17, 15) is 10.4 Å². The van der Waals surface area contributed by atoms with Crippen LogP contribution in [0.25, 0.3) is 11.1 Å². The zero-order chi connectivity index (χ0) is 23.0. The van der Waals surface area contributed by atoms with Crippen molar-refractivity contribution < 1.29 is 5.11 Å². The minimum absolute atomic E-state index is 0.00659. The topological polar surface area (TPSA) is 169 Å². The van der Waals surface area contributed by atoms with Crippen molar-refractivity contribution in [2.75, 3.05) is 16.8 Å². The van der Waals surface area contributed by atoms with E-state index in [1.807, 2.05) is 6.07 Å². The fraction of sp³-hybridized carbons (Fsp3) is 0.0476. The van der Waals surface area contributed by atoms with E-state index < -0.39 is 6.04 Å². The van der Waals surface area contributed by atoms with Gasteiger partial charge in [-0.1, -0.05) is 35.3 Å². The molecule has 0 aliphatic carbocycles.